The molecular formula is C34H26FN7O3S. The maximum atomic E-state index is 14.6. The molecule has 3 N–H and O–H groups in total. The minimum Gasteiger partial charge on any atom is -0.335 e. The van der Waals surface area contributed by atoms with E-state index in [1.54, 1.807) is 43.0 Å². The van der Waals surface area contributed by atoms with Crippen molar-refractivity contribution in [3.05, 3.63) is 115 Å². The molecule has 0 aliphatic carbocycles. The van der Waals surface area contributed by atoms with Crippen LogP contribution >= 0.6 is 0 Å². The Morgan fingerprint density at radius 3 is 2.52 bits per heavy atom. The third-order valence-electron chi connectivity index (χ3n) is 7.58. The molecule has 0 bridgehead atoms. The van der Waals surface area contributed by atoms with E-state index in [2.05, 4.69) is 30.5 Å². The summed E-state index contributed by atoms with van der Waals surface area (Å²) in [6.45, 7) is 0. The lowest BCUT2D eigenvalue weighted by molar-refractivity contribution is 0.102. The van der Waals surface area contributed by atoms with Crippen LogP contribution < -0.4 is 5.32 Å². The van der Waals surface area contributed by atoms with Crippen molar-refractivity contribution < 1.29 is 17.6 Å². The van der Waals surface area contributed by atoms with Crippen LogP contribution in [0.5, 0.6) is 0 Å². The predicted molar refractivity (Wildman–Crippen MR) is 175 cm³/mol. The van der Waals surface area contributed by atoms with Crippen LogP contribution in [0, 0.1) is 5.82 Å². The Hall–Kier alpha value is -5.75. The molecule has 4 heterocycles. The number of imidazole rings is 1. The standard InChI is InChI=1S/C34H26FN7O3S/c1-46(44,45)10-9-20-11-23(13-25(35)12-20)28-18-37-19-30-31(28)40-33(39-30)32-27-15-22(7-8-29(27)41-42-32)24-14-26(17-36-16-24)38-34(43)21-5-3-2-4-6-21/h2-8,11-19H,9-10H2,1H3,(H,38,43)(H,39,40)(H,41,42). The zero-order valence-corrected chi connectivity index (χ0v) is 25.3. The Morgan fingerprint density at radius 1 is 0.870 bits per heavy atom. The average Bonchev–Trinajstić information content (AvgIpc) is 3.68. The van der Waals surface area contributed by atoms with Crippen LogP contribution in [0.2, 0.25) is 0 Å². The van der Waals surface area contributed by atoms with Gasteiger partial charge < -0.3 is 10.3 Å². The van der Waals surface area contributed by atoms with Crippen LogP contribution in [0.3, 0.4) is 0 Å². The number of benzene rings is 3. The van der Waals surface area contributed by atoms with Crippen LogP contribution in [-0.4, -0.2) is 56.5 Å². The van der Waals surface area contributed by atoms with E-state index in [-0.39, 0.29) is 18.1 Å². The summed E-state index contributed by atoms with van der Waals surface area (Å²) in [4.78, 5) is 29.5. The monoisotopic (exact) mass is 631 g/mol. The van der Waals surface area contributed by atoms with Gasteiger partial charge >= 0.3 is 0 Å². The topological polar surface area (TPSA) is 146 Å². The van der Waals surface area contributed by atoms with Crippen molar-refractivity contribution in [3.8, 4) is 33.8 Å². The van der Waals surface area contributed by atoms with E-state index in [1.807, 2.05) is 42.5 Å². The number of nitrogens with one attached hydrogen (secondary N) is 3. The molecule has 3 aromatic carbocycles. The number of anilines is 1. The van der Waals surface area contributed by atoms with E-state index in [1.165, 1.54) is 12.1 Å². The smallest absolute Gasteiger partial charge is 0.255 e. The average molecular weight is 632 g/mol. The molecule has 0 atom stereocenters. The van der Waals surface area contributed by atoms with Gasteiger partial charge in [0.05, 0.1) is 40.4 Å². The van der Waals surface area contributed by atoms with Crippen LogP contribution in [0.15, 0.2) is 97.6 Å². The highest BCUT2D eigenvalue weighted by molar-refractivity contribution is 7.90. The summed E-state index contributed by atoms with van der Waals surface area (Å²) in [5.74, 6) is -0.294. The Balaban J connectivity index is 1.22. The van der Waals surface area contributed by atoms with Crippen LogP contribution in [-0.2, 0) is 16.3 Å². The van der Waals surface area contributed by atoms with Gasteiger partial charge in [-0.3, -0.25) is 19.9 Å². The summed E-state index contributed by atoms with van der Waals surface area (Å²) in [5, 5.41) is 11.3. The summed E-state index contributed by atoms with van der Waals surface area (Å²) < 4.78 is 38.0. The second-order valence-electron chi connectivity index (χ2n) is 11.0. The summed E-state index contributed by atoms with van der Waals surface area (Å²) >= 11 is 0. The molecule has 7 aromatic rings. The van der Waals surface area contributed by atoms with Gasteiger partial charge in [0.25, 0.3) is 5.91 Å². The molecule has 7 rings (SSSR count). The highest BCUT2D eigenvalue weighted by Crippen LogP contribution is 2.33. The largest absolute Gasteiger partial charge is 0.335 e. The third-order valence-corrected chi connectivity index (χ3v) is 8.52. The number of amides is 1. The van der Waals surface area contributed by atoms with Crippen molar-refractivity contribution in [2.45, 2.75) is 6.42 Å². The molecule has 1 amide bonds. The first-order chi connectivity index (χ1) is 22.2. The van der Waals surface area contributed by atoms with Crippen LogP contribution in [0.4, 0.5) is 10.1 Å². The lowest BCUT2D eigenvalue weighted by Crippen LogP contribution is -2.11. The number of aromatic nitrogens is 6. The zero-order valence-electron chi connectivity index (χ0n) is 24.5. The second-order valence-corrected chi connectivity index (χ2v) is 13.3. The number of nitrogens with zero attached hydrogens (tertiary/aromatic N) is 4. The Bertz CT molecular complexity index is 2370. The number of carbonyl (C=O) groups excluding carboxylic acids is 1. The lowest BCUT2D eigenvalue weighted by Gasteiger charge is -2.08. The predicted octanol–water partition coefficient (Wildman–Crippen LogP) is 6.21. The number of carbonyl (C=O) groups is 1. The number of hydrogen-bond acceptors (Lipinski definition) is 7. The molecular weight excluding hydrogens is 605 g/mol. The summed E-state index contributed by atoms with van der Waals surface area (Å²) in [7, 11) is -3.21. The number of rotatable bonds is 8. The van der Waals surface area contributed by atoms with E-state index in [9.17, 15) is 17.6 Å². The van der Waals surface area contributed by atoms with Gasteiger partial charge in [-0.25, -0.2) is 17.8 Å². The van der Waals surface area contributed by atoms with Crippen molar-refractivity contribution in [2.24, 2.45) is 0 Å². The van der Waals surface area contributed by atoms with Gasteiger partial charge in [0.2, 0.25) is 0 Å². The SMILES string of the molecule is CS(=O)(=O)CCc1cc(F)cc(-c2cncc3[nH]c(-c4n[nH]c5ccc(-c6cncc(NC(=O)c7ccccc7)c6)cc45)nc23)c1. The maximum Gasteiger partial charge on any atom is 0.255 e. The minimum atomic E-state index is -3.21. The molecule has 0 spiro atoms. The molecule has 0 radical (unpaired) electrons. The molecule has 0 unspecified atom stereocenters. The number of sulfone groups is 1. The van der Waals surface area contributed by atoms with Crippen LogP contribution in [0.1, 0.15) is 15.9 Å². The third kappa shape index (κ3) is 5.97. The van der Waals surface area contributed by atoms with Crippen molar-refractivity contribution in [3.63, 3.8) is 0 Å². The number of hydrogen-bond donors (Lipinski definition) is 3. The Kier molecular flexibility index (Phi) is 7.33. The molecule has 0 aliphatic heterocycles. The van der Waals surface area contributed by atoms with E-state index in [4.69, 9.17) is 4.98 Å². The van der Waals surface area contributed by atoms with Crippen molar-refractivity contribution >= 4 is 43.4 Å². The van der Waals surface area contributed by atoms with Gasteiger partial charge in [-0.2, -0.15) is 5.10 Å². The van der Waals surface area contributed by atoms with Crippen molar-refractivity contribution in [2.75, 3.05) is 17.3 Å². The Labute approximate surface area is 262 Å². The summed E-state index contributed by atoms with van der Waals surface area (Å²) in [6, 6.07) is 21.1. The molecule has 0 saturated heterocycles. The first kappa shape index (κ1) is 29.0. The molecule has 0 aliphatic rings. The first-order valence-corrected chi connectivity index (χ1v) is 16.4. The molecule has 228 valence electrons. The molecule has 46 heavy (non-hydrogen) atoms. The van der Waals surface area contributed by atoms with Gasteiger partial charge in [0, 0.05) is 40.7 Å². The molecule has 10 nitrogen and oxygen atoms in total. The fourth-order valence-electron chi connectivity index (χ4n) is 5.34. The Morgan fingerprint density at radius 2 is 1.70 bits per heavy atom. The van der Waals surface area contributed by atoms with E-state index in [0.717, 1.165) is 28.3 Å². The fraction of sp³-hybridized carbons (Fsp3) is 0.0882. The number of H-pyrrole nitrogens is 2. The fourth-order valence-corrected chi connectivity index (χ4v) is 5.95. The van der Waals surface area contributed by atoms with Crippen molar-refractivity contribution in [1.29, 1.82) is 0 Å². The number of halogens is 1. The minimum absolute atomic E-state index is 0.0815. The zero-order chi connectivity index (χ0) is 31.8. The highest BCUT2D eigenvalue weighted by Gasteiger charge is 2.17. The molecule has 0 fully saturated rings. The van der Waals surface area contributed by atoms with E-state index < -0.39 is 15.7 Å². The van der Waals surface area contributed by atoms with Gasteiger partial charge in [0.15, 0.2) is 5.82 Å². The highest BCUT2D eigenvalue weighted by atomic mass is 32.2. The van der Waals surface area contributed by atoms with Gasteiger partial charge in [-0.15, -0.1) is 0 Å². The number of fused-ring (bicyclic) bond motifs is 2. The van der Waals surface area contributed by atoms with E-state index >= 15 is 0 Å². The van der Waals surface area contributed by atoms with Gasteiger partial charge in [-0.1, -0.05) is 30.3 Å². The van der Waals surface area contributed by atoms with Gasteiger partial charge in [0.1, 0.15) is 21.3 Å². The summed E-state index contributed by atoms with van der Waals surface area (Å²) in [6.07, 6.45) is 7.92. The number of aromatic amines is 2. The van der Waals surface area contributed by atoms with Gasteiger partial charge in [-0.05, 0) is 65.6 Å². The van der Waals surface area contributed by atoms with E-state index in [0.29, 0.717) is 50.5 Å². The van der Waals surface area contributed by atoms with Crippen LogP contribution in [0.25, 0.3) is 55.7 Å². The quantitative estimate of drug-likeness (QED) is 0.181. The molecule has 0 saturated carbocycles. The maximum absolute atomic E-state index is 14.6. The number of aryl methyl sites for hydroxylation is 1. The first-order valence-electron chi connectivity index (χ1n) is 14.3. The lowest BCUT2D eigenvalue weighted by atomic mass is 10.0. The van der Waals surface area contributed by atoms with Crippen molar-refractivity contribution in [1.82, 2.24) is 30.1 Å². The summed E-state index contributed by atoms with van der Waals surface area (Å²) in [5.41, 5.74) is 7.05. The normalized spacial score (nSPS) is 11.7. The molecule has 12 heteroatoms. The second kappa shape index (κ2) is 11.6. The molecule has 4 aromatic heterocycles. The number of pyridine rings is 2.